The number of aromatic amines is 2. The SMILES string of the molecule is O=C(Cc1ccccc1)n1c2cncc(c2)c2ncc3[nH][nH]c(c4nc5ccnc(c6ccc1s6)c5n4)-c3c2F. The van der Waals surface area contributed by atoms with Crippen LogP contribution in [-0.2, 0) is 6.42 Å². The van der Waals surface area contributed by atoms with Crippen molar-refractivity contribution in [2.24, 2.45) is 0 Å². The fraction of sp³-hybridized carbons (Fsp3) is 0.0345. The molecule has 8 rings (SSSR count). The van der Waals surface area contributed by atoms with Crippen molar-refractivity contribution in [2.75, 3.05) is 0 Å². The molecule has 192 valence electrons. The number of fused-ring (bicyclic) bond motifs is 9. The van der Waals surface area contributed by atoms with Crippen LogP contribution in [0, 0.1) is 5.82 Å². The quantitative estimate of drug-likeness (QED) is 0.268. The van der Waals surface area contributed by atoms with Gasteiger partial charge in [-0.05, 0) is 29.8 Å². The van der Waals surface area contributed by atoms with Crippen molar-refractivity contribution in [3.05, 3.63) is 90.8 Å². The molecule has 40 heavy (non-hydrogen) atoms. The summed E-state index contributed by atoms with van der Waals surface area (Å²) in [5.74, 6) is -0.707. The standard InChI is InChI=1S/C29H17FN8OS/c30-24-23-19-14-33-25(24)16-11-17(13-31-12-16)38(21(39)10-15-4-2-1-3-5-15)22-7-6-20(40-22)27-26-18(8-9-32-27)34-29(35-26)28(23)37-36-19/h1-9,11-14,36-37H,10H2. The number of benzene rings is 1. The van der Waals surface area contributed by atoms with Crippen LogP contribution in [0.5, 0.6) is 0 Å². The second-order valence-electron chi connectivity index (χ2n) is 9.37. The summed E-state index contributed by atoms with van der Waals surface area (Å²) in [7, 11) is 0. The maximum absolute atomic E-state index is 16.2. The number of H-pyrrole nitrogens is 2. The van der Waals surface area contributed by atoms with E-state index >= 15 is 4.39 Å². The van der Waals surface area contributed by atoms with Crippen molar-refractivity contribution < 1.29 is 9.18 Å². The molecule has 0 aliphatic carbocycles. The molecule has 7 heterocycles. The van der Waals surface area contributed by atoms with Gasteiger partial charge in [0.05, 0.1) is 45.6 Å². The highest BCUT2D eigenvalue weighted by molar-refractivity contribution is 7.24. The number of carbonyl (C=O) groups excluding carboxylic acids is 1. The molecule has 6 aromatic rings. The molecule has 0 spiro atoms. The van der Waals surface area contributed by atoms with Gasteiger partial charge in [-0.25, -0.2) is 14.4 Å². The Bertz CT molecular complexity index is 2300. The number of thiophene rings is 1. The van der Waals surface area contributed by atoms with Gasteiger partial charge in [-0.3, -0.25) is 34.5 Å². The van der Waals surface area contributed by atoms with Crippen LogP contribution in [0.4, 0.5) is 4.39 Å². The highest BCUT2D eigenvalue weighted by atomic mass is 32.1. The Hall–Kier alpha value is -5.29. The van der Waals surface area contributed by atoms with Crippen LogP contribution in [0.2, 0.25) is 0 Å². The predicted octanol–water partition coefficient (Wildman–Crippen LogP) is 6.20. The van der Waals surface area contributed by atoms with Gasteiger partial charge in [0.2, 0.25) is 5.91 Å². The van der Waals surface area contributed by atoms with Gasteiger partial charge in [0.15, 0.2) is 11.5 Å². The van der Waals surface area contributed by atoms with Crippen molar-refractivity contribution in [1.82, 2.24) is 39.7 Å². The lowest BCUT2D eigenvalue weighted by Gasteiger charge is -2.08. The molecule has 9 nitrogen and oxygen atoms in total. The van der Waals surface area contributed by atoms with E-state index in [0.29, 0.717) is 49.1 Å². The Morgan fingerprint density at radius 2 is 1.82 bits per heavy atom. The second-order valence-corrected chi connectivity index (χ2v) is 10.4. The van der Waals surface area contributed by atoms with Crippen LogP contribution >= 0.6 is 11.3 Å². The Labute approximate surface area is 228 Å². The van der Waals surface area contributed by atoms with Gasteiger partial charge in [0, 0.05) is 17.8 Å². The number of halogens is 1. The van der Waals surface area contributed by atoms with Gasteiger partial charge in [0.1, 0.15) is 27.1 Å². The topological polar surface area (TPSA) is 118 Å². The van der Waals surface area contributed by atoms with Gasteiger partial charge in [0.25, 0.3) is 0 Å². The zero-order valence-electron chi connectivity index (χ0n) is 20.6. The lowest BCUT2D eigenvalue weighted by molar-refractivity contribution is 0.0924. The predicted molar refractivity (Wildman–Crippen MR) is 152 cm³/mol. The van der Waals surface area contributed by atoms with Crippen LogP contribution in [0.25, 0.3) is 64.9 Å². The van der Waals surface area contributed by atoms with E-state index in [2.05, 4.69) is 30.1 Å². The lowest BCUT2D eigenvalue weighted by Crippen LogP contribution is -2.14. The molecular weight excluding hydrogens is 527 g/mol. The number of carbonyl (C=O) groups is 1. The number of nitrogens with zero attached hydrogens (tertiary/aromatic N) is 6. The van der Waals surface area contributed by atoms with Crippen LogP contribution in [0.15, 0.2) is 79.4 Å². The molecule has 0 radical (unpaired) electrons. The molecule has 11 heteroatoms. The number of imidazole rings is 1. The summed E-state index contributed by atoms with van der Waals surface area (Å²) in [6.07, 6.45) is 6.54. The number of hydrogen-bond donors (Lipinski definition) is 2. The number of hydrogen-bond acceptors (Lipinski definition) is 7. The average Bonchev–Trinajstić information content (AvgIpc) is 3.72. The minimum Gasteiger partial charge on any atom is -0.298 e. The molecule has 0 amide bonds. The molecular formula is C29H17FN8OS. The summed E-state index contributed by atoms with van der Waals surface area (Å²) in [6, 6.07) is 16.8. The summed E-state index contributed by atoms with van der Waals surface area (Å²) < 4.78 is 18.6. The maximum atomic E-state index is 16.2. The van der Waals surface area contributed by atoms with Crippen LogP contribution in [0.1, 0.15) is 10.4 Å². The number of rotatable bonds is 2. The summed E-state index contributed by atoms with van der Waals surface area (Å²) >= 11 is 1.41. The molecule has 0 saturated carbocycles. The highest BCUT2D eigenvalue weighted by Crippen LogP contribution is 2.34. The smallest absolute Gasteiger partial charge is 0.236 e. The van der Waals surface area contributed by atoms with Crippen molar-refractivity contribution in [2.45, 2.75) is 6.42 Å². The van der Waals surface area contributed by atoms with E-state index in [-0.39, 0.29) is 23.4 Å². The zero-order valence-corrected chi connectivity index (χ0v) is 21.4. The Morgan fingerprint density at radius 1 is 0.925 bits per heavy atom. The lowest BCUT2D eigenvalue weighted by atomic mass is 10.1. The average molecular weight is 545 g/mol. The van der Waals surface area contributed by atoms with Crippen LogP contribution < -0.4 is 0 Å². The molecule has 8 bridgehead atoms. The molecule has 1 aromatic carbocycles. The summed E-state index contributed by atoms with van der Waals surface area (Å²) in [5.41, 5.74) is 4.83. The first kappa shape index (κ1) is 22.7. The third-order valence-electron chi connectivity index (χ3n) is 6.91. The molecule has 0 saturated heterocycles. The Kier molecular flexibility index (Phi) is 4.88. The highest BCUT2D eigenvalue weighted by Gasteiger charge is 2.21. The van der Waals surface area contributed by atoms with Crippen molar-refractivity contribution in [1.29, 1.82) is 0 Å². The first-order valence-electron chi connectivity index (χ1n) is 12.4. The first-order valence-corrected chi connectivity index (χ1v) is 13.3. The van der Waals surface area contributed by atoms with Gasteiger partial charge < -0.3 is 0 Å². The van der Waals surface area contributed by atoms with E-state index in [0.717, 1.165) is 10.3 Å². The van der Waals surface area contributed by atoms with Crippen LogP contribution in [-0.4, -0.2) is 45.6 Å². The van der Waals surface area contributed by atoms with Crippen molar-refractivity contribution in [3.63, 3.8) is 0 Å². The molecule has 0 atom stereocenters. The van der Waals surface area contributed by atoms with Gasteiger partial charge in [-0.2, -0.15) is 0 Å². The van der Waals surface area contributed by atoms with Gasteiger partial charge >= 0.3 is 0 Å². The van der Waals surface area contributed by atoms with Crippen LogP contribution in [0.3, 0.4) is 0 Å². The normalized spacial score (nSPS) is 11.8. The monoisotopic (exact) mass is 544 g/mol. The molecule has 2 aliphatic heterocycles. The molecule has 0 unspecified atom stereocenters. The number of nitrogens with one attached hydrogen (secondary N) is 2. The van der Waals surface area contributed by atoms with Crippen molar-refractivity contribution >= 4 is 70.9 Å². The second kappa shape index (κ2) is 8.61. The number of aromatic nitrogens is 8. The maximum Gasteiger partial charge on any atom is 0.236 e. The minimum atomic E-state index is -0.550. The summed E-state index contributed by atoms with van der Waals surface area (Å²) in [5, 5.41) is 6.42. The van der Waals surface area contributed by atoms with E-state index in [1.54, 1.807) is 35.3 Å². The fourth-order valence-electron chi connectivity index (χ4n) is 5.07. The Balaban J connectivity index is 1.54. The summed E-state index contributed by atoms with van der Waals surface area (Å²) in [6.45, 7) is 0. The minimum absolute atomic E-state index is 0.103. The fourth-order valence-corrected chi connectivity index (χ4v) is 6.11. The van der Waals surface area contributed by atoms with E-state index in [1.807, 2.05) is 42.5 Å². The third-order valence-corrected chi connectivity index (χ3v) is 7.99. The molecule has 0 fully saturated rings. The van der Waals surface area contributed by atoms with E-state index in [4.69, 9.17) is 4.98 Å². The molecule has 2 aliphatic rings. The number of pyridine rings is 3. The summed E-state index contributed by atoms with van der Waals surface area (Å²) in [4.78, 5) is 37.4. The van der Waals surface area contributed by atoms with Gasteiger partial charge in [-0.1, -0.05) is 30.3 Å². The zero-order chi connectivity index (χ0) is 26.8. The van der Waals surface area contributed by atoms with E-state index < -0.39 is 5.82 Å². The molecule has 5 aromatic heterocycles. The van der Waals surface area contributed by atoms with E-state index in [9.17, 15) is 4.79 Å². The first-order chi connectivity index (χ1) is 19.6. The molecule has 2 N–H and O–H groups in total. The Morgan fingerprint density at radius 3 is 2.73 bits per heavy atom. The largest absolute Gasteiger partial charge is 0.298 e. The third kappa shape index (κ3) is 3.45. The van der Waals surface area contributed by atoms with Crippen molar-refractivity contribution in [3.8, 4) is 11.3 Å². The van der Waals surface area contributed by atoms with E-state index in [1.165, 1.54) is 17.5 Å². The van der Waals surface area contributed by atoms with Gasteiger partial charge in [-0.15, -0.1) is 11.3 Å².